The molecule has 3 fully saturated rings. The van der Waals surface area contributed by atoms with Crippen molar-refractivity contribution in [3.8, 4) is 0 Å². The monoisotopic (exact) mass is 392 g/mol. The number of piperidine rings is 1. The minimum absolute atomic E-state index is 0. The van der Waals surface area contributed by atoms with Crippen molar-refractivity contribution in [2.24, 2.45) is 5.92 Å². The molecule has 1 aromatic carbocycles. The molecule has 0 aromatic heterocycles. The number of fused-ring (bicyclic) bond motifs is 1. The molecule has 5 nitrogen and oxygen atoms in total. The number of carbonyl (C=O) groups excluding carboxylic acids is 1. The van der Waals surface area contributed by atoms with Crippen molar-refractivity contribution in [3.05, 3.63) is 42.3 Å². The number of hydrogen-bond donors (Lipinski definition) is 0. The van der Waals surface area contributed by atoms with Crippen LogP contribution < -0.4 is 18.9 Å². The van der Waals surface area contributed by atoms with Gasteiger partial charge in [-0.3, -0.25) is 9.80 Å². The molecule has 3 aliphatic rings. The molecular weight excluding hydrogens is 359 g/mol. The molecule has 3 aliphatic heterocycles. The Balaban J connectivity index is 0.00000240. The van der Waals surface area contributed by atoms with Gasteiger partial charge in [0.1, 0.15) is 11.8 Å². The number of nitrogens with zero attached hydrogens (tertiary/aromatic N) is 2. The molecule has 0 spiro atoms. The zero-order chi connectivity index (χ0) is 19.9. The van der Waals surface area contributed by atoms with E-state index in [0.717, 1.165) is 19.5 Å². The van der Waals surface area contributed by atoms with Crippen LogP contribution in [-0.2, 0) is 9.47 Å². The third-order valence-corrected chi connectivity index (χ3v) is 6.46. The fraction of sp³-hybridized carbons (Fsp3) is 0.652. The third-order valence-electron chi connectivity index (χ3n) is 6.46. The summed E-state index contributed by atoms with van der Waals surface area (Å²) in [5, 5.41) is 0. The molecule has 3 saturated heterocycles. The van der Waals surface area contributed by atoms with Crippen LogP contribution in [0.1, 0.15) is 52.5 Å². The smallest absolute Gasteiger partial charge is 0.445 e. The molecule has 0 unspecified atom stereocenters. The minimum atomic E-state index is -0.649. The first-order valence-electron chi connectivity index (χ1n) is 10.6. The van der Waals surface area contributed by atoms with Gasteiger partial charge in [0.15, 0.2) is 0 Å². The van der Waals surface area contributed by atoms with Crippen LogP contribution in [0.2, 0.25) is 0 Å². The molecule has 0 aliphatic carbocycles. The van der Waals surface area contributed by atoms with Gasteiger partial charge in [0.2, 0.25) is 0 Å². The quantitative estimate of drug-likeness (QED) is 0.570. The first-order chi connectivity index (χ1) is 13.3. The van der Waals surface area contributed by atoms with E-state index in [1.165, 1.54) is 18.4 Å². The molecule has 0 N–H and O–H groups in total. The fourth-order valence-electron chi connectivity index (χ4n) is 5.25. The van der Waals surface area contributed by atoms with E-state index >= 15 is 0 Å². The molecule has 0 bridgehead atoms. The first kappa shape index (κ1) is 22.6. The largest absolute Gasteiger partial charge is 1.00 e. The maximum atomic E-state index is 13.3. The van der Waals surface area contributed by atoms with E-state index in [4.69, 9.17) is 9.47 Å². The van der Waals surface area contributed by atoms with Gasteiger partial charge in [-0.15, -0.1) is 12.1 Å². The predicted octanol–water partition coefficient (Wildman–Crippen LogP) is 1.08. The number of carbonyl (C=O) groups is 1. The maximum absolute atomic E-state index is 13.3. The van der Waals surface area contributed by atoms with Gasteiger partial charge in [-0.1, -0.05) is 12.5 Å². The summed E-state index contributed by atoms with van der Waals surface area (Å²) in [7, 11) is 0. The van der Waals surface area contributed by atoms with Gasteiger partial charge in [-0.2, -0.15) is 24.1 Å². The van der Waals surface area contributed by atoms with Gasteiger partial charge in [-0.05, 0) is 59.5 Å². The SMILES string of the molecule is CC1(C)COC(C)(C)N1C(=O)O[C@H]1[C@H]([CH-]c2ccccc2)CN2CCCC[C@@H]12.[Li+]. The average molecular weight is 392 g/mol. The summed E-state index contributed by atoms with van der Waals surface area (Å²) in [4.78, 5) is 17.6. The minimum Gasteiger partial charge on any atom is -0.445 e. The van der Waals surface area contributed by atoms with E-state index in [-0.39, 0.29) is 42.5 Å². The van der Waals surface area contributed by atoms with E-state index in [9.17, 15) is 4.79 Å². The summed E-state index contributed by atoms with van der Waals surface area (Å²) in [6, 6.07) is 10.7. The molecule has 6 heteroatoms. The Kier molecular flexibility index (Phi) is 6.65. The Bertz CT molecular complexity index is 693. The van der Waals surface area contributed by atoms with Crippen molar-refractivity contribution >= 4 is 6.09 Å². The maximum Gasteiger partial charge on any atom is 1.00 e. The van der Waals surface area contributed by atoms with Crippen LogP contribution in [0.4, 0.5) is 4.79 Å². The van der Waals surface area contributed by atoms with Crippen molar-refractivity contribution in [2.45, 2.75) is 70.4 Å². The van der Waals surface area contributed by atoms with E-state index < -0.39 is 5.72 Å². The first-order valence-corrected chi connectivity index (χ1v) is 10.6. The van der Waals surface area contributed by atoms with Crippen LogP contribution in [0.15, 0.2) is 30.3 Å². The van der Waals surface area contributed by atoms with Crippen molar-refractivity contribution in [2.75, 3.05) is 19.7 Å². The van der Waals surface area contributed by atoms with E-state index in [2.05, 4.69) is 35.6 Å². The third kappa shape index (κ3) is 4.49. The second kappa shape index (κ2) is 8.55. The number of hydrogen-bond acceptors (Lipinski definition) is 4. The number of benzene rings is 1. The van der Waals surface area contributed by atoms with Crippen LogP contribution in [0, 0.1) is 12.3 Å². The van der Waals surface area contributed by atoms with Crippen molar-refractivity contribution in [1.82, 2.24) is 9.80 Å². The molecule has 29 heavy (non-hydrogen) atoms. The van der Waals surface area contributed by atoms with Crippen molar-refractivity contribution in [3.63, 3.8) is 0 Å². The molecule has 1 aromatic rings. The standard InChI is InChI=1S/C23H33N2O3.Li/c1-22(2)16-27-23(3,4)25(22)21(26)28-20-18(14-17-10-6-5-7-11-17)15-24-13-9-8-12-19(20)24;/h5-7,10-11,14,18-20H,8-9,12-13,15-16H2,1-4H3;/q-1;+1/t18-,19+,20+;/m1./s1. The molecule has 3 heterocycles. The topological polar surface area (TPSA) is 42.0 Å². The Labute approximate surface area is 187 Å². The number of ether oxygens (including phenoxy) is 2. The molecule has 4 rings (SSSR count). The van der Waals surface area contributed by atoms with Crippen molar-refractivity contribution in [1.29, 1.82) is 0 Å². The summed E-state index contributed by atoms with van der Waals surface area (Å²) in [6.07, 6.45) is 5.45. The molecular formula is C23H33LiN2O3. The summed E-state index contributed by atoms with van der Waals surface area (Å²) < 4.78 is 12.1. The second-order valence-electron chi connectivity index (χ2n) is 9.53. The van der Waals surface area contributed by atoms with Crippen LogP contribution in [0.3, 0.4) is 0 Å². The zero-order valence-electron chi connectivity index (χ0n) is 18.6. The average Bonchev–Trinajstić information content (AvgIpc) is 3.09. The predicted molar refractivity (Wildman–Crippen MR) is 109 cm³/mol. The summed E-state index contributed by atoms with van der Waals surface area (Å²) >= 11 is 0. The van der Waals surface area contributed by atoms with E-state index in [0.29, 0.717) is 12.6 Å². The molecule has 0 saturated carbocycles. The van der Waals surface area contributed by atoms with Gasteiger partial charge in [-0.25, -0.2) is 4.79 Å². The van der Waals surface area contributed by atoms with E-state index in [1.54, 1.807) is 4.90 Å². The normalized spacial score (nSPS) is 30.3. The van der Waals surface area contributed by atoms with Gasteiger partial charge >= 0.3 is 25.0 Å². The Morgan fingerprint density at radius 2 is 1.90 bits per heavy atom. The number of rotatable bonds is 3. The summed E-state index contributed by atoms with van der Waals surface area (Å²) in [5.41, 5.74) is 0.173. The van der Waals surface area contributed by atoms with Crippen molar-refractivity contribution < 1.29 is 33.1 Å². The Hall–Kier alpha value is -1.12. The van der Waals surface area contributed by atoms with Gasteiger partial charge in [0, 0.05) is 6.04 Å². The molecule has 1 amide bonds. The van der Waals surface area contributed by atoms with Crippen LogP contribution in [-0.4, -0.2) is 59.0 Å². The zero-order valence-corrected chi connectivity index (χ0v) is 18.6. The summed E-state index contributed by atoms with van der Waals surface area (Å²) in [5.74, 6) is 0.212. The second-order valence-corrected chi connectivity index (χ2v) is 9.53. The molecule has 154 valence electrons. The van der Waals surface area contributed by atoms with Crippen LogP contribution in [0.5, 0.6) is 0 Å². The Morgan fingerprint density at radius 1 is 1.17 bits per heavy atom. The fourth-order valence-corrected chi connectivity index (χ4v) is 5.25. The van der Waals surface area contributed by atoms with Gasteiger partial charge in [0.25, 0.3) is 0 Å². The van der Waals surface area contributed by atoms with E-state index in [1.807, 2.05) is 33.8 Å². The van der Waals surface area contributed by atoms with Crippen LogP contribution in [0.25, 0.3) is 0 Å². The summed E-state index contributed by atoms with van der Waals surface area (Å²) in [6.45, 7) is 10.5. The Morgan fingerprint density at radius 3 is 2.55 bits per heavy atom. The van der Waals surface area contributed by atoms with Crippen LogP contribution >= 0.6 is 0 Å². The van der Waals surface area contributed by atoms with Gasteiger partial charge in [0.05, 0.1) is 12.1 Å². The number of amides is 1. The van der Waals surface area contributed by atoms with Gasteiger partial charge < -0.3 is 9.47 Å². The molecule has 3 atom stereocenters. The molecule has 0 radical (unpaired) electrons.